The summed E-state index contributed by atoms with van der Waals surface area (Å²) >= 11 is 0. The zero-order valence-corrected chi connectivity index (χ0v) is 12.9. The van der Waals surface area contributed by atoms with Crippen molar-refractivity contribution in [1.29, 1.82) is 0 Å². The van der Waals surface area contributed by atoms with E-state index in [4.69, 9.17) is 4.74 Å². The quantitative estimate of drug-likeness (QED) is 0.805. The Labute approximate surface area is 122 Å². The van der Waals surface area contributed by atoms with Crippen molar-refractivity contribution in [3.05, 3.63) is 29.3 Å². The first-order valence-electron chi connectivity index (χ1n) is 7.78. The molecule has 2 N–H and O–H groups in total. The lowest BCUT2D eigenvalue weighted by atomic mass is 9.96. The van der Waals surface area contributed by atoms with Crippen molar-refractivity contribution in [1.82, 2.24) is 5.32 Å². The van der Waals surface area contributed by atoms with Gasteiger partial charge in [0.1, 0.15) is 5.75 Å². The average molecular weight is 277 g/mol. The zero-order chi connectivity index (χ0) is 14.5. The highest BCUT2D eigenvalue weighted by atomic mass is 16.5. The molecule has 2 atom stereocenters. The van der Waals surface area contributed by atoms with Crippen LogP contribution in [0.2, 0.25) is 0 Å². The van der Waals surface area contributed by atoms with Gasteiger partial charge in [0.2, 0.25) is 0 Å². The van der Waals surface area contributed by atoms with Gasteiger partial charge in [-0.25, -0.2) is 0 Å². The molecule has 20 heavy (non-hydrogen) atoms. The van der Waals surface area contributed by atoms with E-state index in [1.54, 1.807) is 0 Å². The van der Waals surface area contributed by atoms with Crippen molar-refractivity contribution in [2.45, 2.75) is 52.1 Å². The highest BCUT2D eigenvalue weighted by Gasteiger charge is 2.20. The number of hydrogen-bond donors (Lipinski definition) is 2. The molecule has 0 amide bonds. The fourth-order valence-electron chi connectivity index (χ4n) is 2.88. The van der Waals surface area contributed by atoms with Crippen molar-refractivity contribution in [3.8, 4) is 5.75 Å². The molecule has 3 heteroatoms. The highest BCUT2D eigenvalue weighted by Crippen LogP contribution is 2.29. The molecule has 0 aromatic heterocycles. The lowest BCUT2D eigenvalue weighted by Crippen LogP contribution is -2.37. The minimum absolute atomic E-state index is 0.240. The fraction of sp³-hybridized carbons (Fsp3) is 0.647. The number of hydrogen-bond acceptors (Lipinski definition) is 3. The summed E-state index contributed by atoms with van der Waals surface area (Å²) in [6, 6.07) is 7.24. The lowest BCUT2D eigenvalue weighted by molar-refractivity contribution is 0.233. The molecule has 1 aliphatic rings. The molecule has 0 spiro atoms. The smallest absolute Gasteiger partial charge is 0.122 e. The van der Waals surface area contributed by atoms with Crippen LogP contribution in [0.25, 0.3) is 0 Å². The maximum atomic E-state index is 9.21. The molecule has 2 rings (SSSR count). The number of nitrogens with one attached hydrogen (secondary N) is 1. The summed E-state index contributed by atoms with van der Waals surface area (Å²) in [5, 5.41) is 12.9. The minimum atomic E-state index is 0.240. The van der Waals surface area contributed by atoms with Crippen LogP contribution in [-0.2, 0) is 6.42 Å². The van der Waals surface area contributed by atoms with Gasteiger partial charge in [-0.05, 0) is 36.0 Å². The first kappa shape index (κ1) is 15.3. The Morgan fingerprint density at radius 1 is 1.35 bits per heavy atom. The average Bonchev–Trinajstić information content (AvgIpc) is 2.90. The first-order chi connectivity index (χ1) is 9.65. The Morgan fingerprint density at radius 2 is 2.15 bits per heavy atom. The molecule has 1 heterocycles. The SMILES string of the molecule is CCC(NC(CCO)C(C)C)c1ccc2c(c1)CCO2. The van der Waals surface area contributed by atoms with Crippen LogP contribution in [0.3, 0.4) is 0 Å². The zero-order valence-electron chi connectivity index (χ0n) is 12.9. The molecule has 0 saturated carbocycles. The summed E-state index contributed by atoms with van der Waals surface area (Å²) < 4.78 is 5.57. The predicted octanol–water partition coefficient (Wildman–Crippen LogP) is 3.07. The van der Waals surface area contributed by atoms with Crippen molar-refractivity contribution in [3.63, 3.8) is 0 Å². The highest BCUT2D eigenvalue weighted by molar-refractivity contribution is 5.40. The van der Waals surface area contributed by atoms with E-state index in [0.717, 1.165) is 31.6 Å². The van der Waals surface area contributed by atoms with Crippen LogP contribution in [0, 0.1) is 5.92 Å². The monoisotopic (exact) mass is 277 g/mol. The van der Waals surface area contributed by atoms with Crippen molar-refractivity contribution < 1.29 is 9.84 Å². The molecule has 0 fully saturated rings. The number of ether oxygens (including phenoxy) is 1. The third kappa shape index (κ3) is 3.53. The summed E-state index contributed by atoms with van der Waals surface area (Å²) in [6.45, 7) is 7.66. The molecule has 0 saturated heterocycles. The third-order valence-corrected chi connectivity index (χ3v) is 4.18. The van der Waals surface area contributed by atoms with E-state index in [-0.39, 0.29) is 6.61 Å². The van der Waals surface area contributed by atoms with Crippen LogP contribution >= 0.6 is 0 Å². The van der Waals surface area contributed by atoms with Crippen LogP contribution in [0.5, 0.6) is 5.75 Å². The van der Waals surface area contributed by atoms with Crippen LogP contribution in [0.15, 0.2) is 18.2 Å². The van der Waals surface area contributed by atoms with Crippen LogP contribution in [-0.4, -0.2) is 24.4 Å². The Kier molecular flexibility index (Phi) is 5.44. The summed E-state index contributed by atoms with van der Waals surface area (Å²) in [5.74, 6) is 1.56. The van der Waals surface area contributed by atoms with Gasteiger partial charge in [0.25, 0.3) is 0 Å². The largest absolute Gasteiger partial charge is 0.493 e. The van der Waals surface area contributed by atoms with Gasteiger partial charge >= 0.3 is 0 Å². The van der Waals surface area contributed by atoms with E-state index in [0.29, 0.717) is 18.0 Å². The lowest BCUT2D eigenvalue weighted by Gasteiger charge is -2.28. The summed E-state index contributed by atoms with van der Waals surface area (Å²) in [7, 11) is 0. The number of aliphatic hydroxyl groups excluding tert-OH is 1. The topological polar surface area (TPSA) is 41.5 Å². The van der Waals surface area contributed by atoms with Gasteiger partial charge in [0.15, 0.2) is 0 Å². The molecule has 0 bridgehead atoms. The predicted molar refractivity (Wildman–Crippen MR) is 82.1 cm³/mol. The number of rotatable bonds is 7. The number of fused-ring (bicyclic) bond motifs is 1. The standard InChI is InChI=1S/C17H27NO2/c1-4-15(18-16(7-9-19)12(2)3)13-5-6-17-14(11-13)8-10-20-17/h5-6,11-12,15-16,18-19H,4,7-10H2,1-3H3. The Balaban J connectivity index is 2.11. The fourth-order valence-corrected chi connectivity index (χ4v) is 2.88. The van der Waals surface area contributed by atoms with Gasteiger partial charge in [-0.1, -0.05) is 32.9 Å². The van der Waals surface area contributed by atoms with E-state index in [2.05, 4.69) is 44.3 Å². The van der Waals surface area contributed by atoms with Gasteiger partial charge in [-0.2, -0.15) is 0 Å². The van der Waals surface area contributed by atoms with Crippen LogP contribution < -0.4 is 10.1 Å². The third-order valence-electron chi connectivity index (χ3n) is 4.18. The Bertz CT molecular complexity index is 431. The second kappa shape index (κ2) is 7.09. The summed E-state index contributed by atoms with van der Waals surface area (Å²) in [4.78, 5) is 0. The molecule has 2 unspecified atom stereocenters. The first-order valence-corrected chi connectivity index (χ1v) is 7.78. The summed E-state index contributed by atoms with van der Waals surface area (Å²) in [6.07, 6.45) is 2.88. The molecule has 1 aromatic carbocycles. The van der Waals surface area contributed by atoms with Gasteiger partial charge in [-0.3, -0.25) is 0 Å². The van der Waals surface area contributed by atoms with Crippen LogP contribution in [0.1, 0.15) is 50.8 Å². The van der Waals surface area contributed by atoms with Gasteiger partial charge in [-0.15, -0.1) is 0 Å². The molecule has 3 nitrogen and oxygen atoms in total. The van der Waals surface area contributed by atoms with Gasteiger partial charge < -0.3 is 15.2 Å². The van der Waals surface area contributed by atoms with E-state index in [1.165, 1.54) is 11.1 Å². The number of benzene rings is 1. The van der Waals surface area contributed by atoms with Gasteiger partial charge in [0.05, 0.1) is 6.61 Å². The van der Waals surface area contributed by atoms with E-state index in [1.807, 2.05) is 0 Å². The maximum absolute atomic E-state index is 9.21. The normalized spacial score (nSPS) is 16.9. The molecule has 112 valence electrons. The van der Waals surface area contributed by atoms with E-state index < -0.39 is 0 Å². The summed E-state index contributed by atoms with van der Waals surface area (Å²) in [5.41, 5.74) is 2.66. The van der Waals surface area contributed by atoms with E-state index >= 15 is 0 Å². The molecule has 0 radical (unpaired) electrons. The van der Waals surface area contributed by atoms with E-state index in [9.17, 15) is 5.11 Å². The molecular weight excluding hydrogens is 250 g/mol. The number of aliphatic hydroxyl groups is 1. The Morgan fingerprint density at radius 3 is 2.80 bits per heavy atom. The molecule has 1 aliphatic heterocycles. The van der Waals surface area contributed by atoms with Gasteiger partial charge in [0, 0.05) is 25.1 Å². The van der Waals surface area contributed by atoms with Crippen molar-refractivity contribution >= 4 is 0 Å². The molecule has 0 aliphatic carbocycles. The van der Waals surface area contributed by atoms with Crippen LogP contribution in [0.4, 0.5) is 0 Å². The second-order valence-electron chi connectivity index (χ2n) is 5.96. The Hall–Kier alpha value is -1.06. The maximum Gasteiger partial charge on any atom is 0.122 e. The minimum Gasteiger partial charge on any atom is -0.493 e. The van der Waals surface area contributed by atoms with Crippen molar-refractivity contribution in [2.24, 2.45) is 5.92 Å². The second-order valence-corrected chi connectivity index (χ2v) is 5.96. The molecule has 1 aromatic rings. The van der Waals surface area contributed by atoms with Crippen molar-refractivity contribution in [2.75, 3.05) is 13.2 Å². The molecular formula is C17H27NO2.